The van der Waals surface area contributed by atoms with E-state index in [1.165, 1.54) is 0 Å². The maximum atomic E-state index is 12.3. The molecular formula is C23H38N6O2. The van der Waals surface area contributed by atoms with Gasteiger partial charge in [0.15, 0.2) is 5.96 Å². The van der Waals surface area contributed by atoms with Gasteiger partial charge in [-0.2, -0.15) is 0 Å². The van der Waals surface area contributed by atoms with E-state index < -0.39 is 0 Å². The number of likely N-dealkylation sites (tertiary alicyclic amines) is 1. The van der Waals surface area contributed by atoms with E-state index in [0.29, 0.717) is 6.04 Å². The van der Waals surface area contributed by atoms with E-state index in [9.17, 15) is 4.79 Å². The second-order valence-corrected chi connectivity index (χ2v) is 8.53. The Balaban J connectivity index is 1.41. The Hall–Kier alpha value is -2.48. The number of rotatable bonds is 8. The second-order valence-electron chi connectivity index (χ2n) is 8.53. The highest BCUT2D eigenvalue weighted by molar-refractivity contribution is 5.81. The molecule has 172 valence electrons. The van der Waals surface area contributed by atoms with Crippen molar-refractivity contribution in [2.45, 2.75) is 37.8 Å². The normalized spacial score (nSPS) is 21.9. The van der Waals surface area contributed by atoms with Crippen LogP contribution in [-0.4, -0.2) is 94.7 Å². The number of carbonyl (C=O) groups excluding carboxylic acids is 1. The van der Waals surface area contributed by atoms with E-state index in [0.717, 1.165) is 75.8 Å². The summed E-state index contributed by atoms with van der Waals surface area (Å²) in [4.78, 5) is 23.1. The number of hydrogen-bond acceptors (Lipinski definition) is 5. The quantitative estimate of drug-likeness (QED) is 0.369. The zero-order valence-corrected chi connectivity index (χ0v) is 19.4. The molecule has 2 fully saturated rings. The Kier molecular flexibility index (Phi) is 8.40. The Morgan fingerprint density at radius 1 is 1.26 bits per heavy atom. The van der Waals surface area contributed by atoms with Crippen LogP contribution in [0, 0.1) is 0 Å². The molecule has 8 nitrogen and oxygen atoms in total. The van der Waals surface area contributed by atoms with Crippen molar-refractivity contribution < 1.29 is 9.53 Å². The summed E-state index contributed by atoms with van der Waals surface area (Å²) >= 11 is 0. The number of carbonyl (C=O) groups is 1. The molecule has 31 heavy (non-hydrogen) atoms. The van der Waals surface area contributed by atoms with E-state index in [1.54, 1.807) is 12.0 Å². The molecule has 0 aromatic heterocycles. The van der Waals surface area contributed by atoms with Crippen LogP contribution in [0.4, 0.5) is 5.69 Å². The van der Waals surface area contributed by atoms with E-state index in [1.807, 2.05) is 33.3 Å². The molecule has 3 rings (SSSR count). The van der Waals surface area contributed by atoms with Crippen molar-refractivity contribution in [3.05, 3.63) is 24.3 Å². The van der Waals surface area contributed by atoms with Crippen molar-refractivity contribution in [1.82, 2.24) is 20.4 Å². The SMILES string of the molecule is CN=C(NCCCN1CCCC1C(=O)N(C)C)NC1CCN(c2ccccc2OC)C1. The van der Waals surface area contributed by atoms with Crippen LogP contribution in [0.1, 0.15) is 25.7 Å². The number of para-hydroxylation sites is 2. The number of nitrogens with zero attached hydrogens (tertiary/aromatic N) is 4. The number of hydrogen-bond donors (Lipinski definition) is 2. The third kappa shape index (κ3) is 6.03. The molecule has 0 bridgehead atoms. The highest BCUT2D eigenvalue weighted by Gasteiger charge is 2.31. The number of nitrogens with one attached hydrogen (secondary N) is 2. The predicted molar refractivity (Wildman–Crippen MR) is 126 cm³/mol. The van der Waals surface area contributed by atoms with Gasteiger partial charge in [-0.3, -0.25) is 14.7 Å². The number of benzene rings is 1. The molecule has 1 aromatic carbocycles. The summed E-state index contributed by atoms with van der Waals surface area (Å²) < 4.78 is 5.51. The molecule has 0 radical (unpaired) electrons. The summed E-state index contributed by atoms with van der Waals surface area (Å²) in [7, 11) is 7.22. The third-order valence-corrected chi connectivity index (χ3v) is 6.18. The number of anilines is 1. The zero-order chi connectivity index (χ0) is 22.2. The minimum atomic E-state index is 0.0480. The molecule has 1 amide bonds. The Bertz CT molecular complexity index is 753. The molecule has 2 aliphatic rings. The number of ether oxygens (including phenoxy) is 1. The van der Waals surface area contributed by atoms with Crippen molar-refractivity contribution in [3.8, 4) is 5.75 Å². The van der Waals surface area contributed by atoms with Crippen molar-refractivity contribution in [2.24, 2.45) is 4.99 Å². The van der Waals surface area contributed by atoms with Crippen molar-refractivity contribution in [3.63, 3.8) is 0 Å². The average Bonchev–Trinajstić information content (AvgIpc) is 3.44. The number of guanidine groups is 1. The van der Waals surface area contributed by atoms with Crippen molar-refractivity contribution >= 4 is 17.6 Å². The molecule has 1 aromatic rings. The van der Waals surface area contributed by atoms with Gasteiger partial charge in [-0.1, -0.05) is 12.1 Å². The van der Waals surface area contributed by atoms with Gasteiger partial charge < -0.3 is 25.2 Å². The van der Waals surface area contributed by atoms with Crippen LogP contribution in [0.15, 0.2) is 29.3 Å². The average molecular weight is 431 g/mol. The summed E-state index contributed by atoms with van der Waals surface area (Å²) in [6.45, 7) is 4.69. The highest BCUT2D eigenvalue weighted by Crippen LogP contribution is 2.30. The smallest absolute Gasteiger partial charge is 0.239 e. The topological polar surface area (TPSA) is 72.4 Å². The maximum Gasteiger partial charge on any atom is 0.239 e. The molecule has 0 saturated carbocycles. The lowest BCUT2D eigenvalue weighted by Crippen LogP contribution is -2.46. The molecule has 0 spiro atoms. The van der Waals surface area contributed by atoms with Crippen LogP contribution in [0.2, 0.25) is 0 Å². The monoisotopic (exact) mass is 430 g/mol. The van der Waals surface area contributed by atoms with Crippen LogP contribution in [0.3, 0.4) is 0 Å². The lowest BCUT2D eigenvalue weighted by molar-refractivity contribution is -0.133. The first-order valence-electron chi connectivity index (χ1n) is 11.3. The van der Waals surface area contributed by atoms with Crippen LogP contribution in [0.5, 0.6) is 5.75 Å². The first-order chi connectivity index (χ1) is 15.0. The van der Waals surface area contributed by atoms with Gasteiger partial charge in [0.2, 0.25) is 5.91 Å². The van der Waals surface area contributed by atoms with Gasteiger partial charge in [-0.25, -0.2) is 0 Å². The van der Waals surface area contributed by atoms with Gasteiger partial charge in [0, 0.05) is 53.4 Å². The molecule has 2 atom stereocenters. The Morgan fingerprint density at radius 3 is 2.81 bits per heavy atom. The number of amides is 1. The summed E-state index contributed by atoms with van der Waals surface area (Å²) in [6, 6.07) is 8.56. The summed E-state index contributed by atoms with van der Waals surface area (Å²) in [6.07, 6.45) is 4.11. The van der Waals surface area contributed by atoms with Gasteiger partial charge in [0.1, 0.15) is 5.75 Å². The largest absolute Gasteiger partial charge is 0.495 e. The second kappa shape index (κ2) is 11.2. The van der Waals surface area contributed by atoms with Crippen LogP contribution in [0.25, 0.3) is 0 Å². The van der Waals surface area contributed by atoms with Gasteiger partial charge in [-0.05, 0) is 44.4 Å². The minimum absolute atomic E-state index is 0.0480. The highest BCUT2D eigenvalue weighted by atomic mass is 16.5. The summed E-state index contributed by atoms with van der Waals surface area (Å²) in [5, 5.41) is 6.99. The van der Waals surface area contributed by atoms with Crippen LogP contribution in [-0.2, 0) is 4.79 Å². The lowest BCUT2D eigenvalue weighted by Gasteiger charge is -2.26. The minimum Gasteiger partial charge on any atom is -0.495 e. The summed E-state index contributed by atoms with van der Waals surface area (Å²) in [5.41, 5.74) is 1.14. The van der Waals surface area contributed by atoms with Crippen LogP contribution < -0.4 is 20.3 Å². The van der Waals surface area contributed by atoms with E-state index in [4.69, 9.17) is 4.74 Å². The molecular weight excluding hydrogens is 392 g/mol. The Labute approximate surface area is 186 Å². The molecule has 2 saturated heterocycles. The predicted octanol–water partition coefficient (Wildman–Crippen LogP) is 1.38. The molecule has 2 unspecified atom stereocenters. The first-order valence-corrected chi connectivity index (χ1v) is 11.3. The summed E-state index contributed by atoms with van der Waals surface area (Å²) in [5.74, 6) is 1.98. The van der Waals surface area contributed by atoms with E-state index in [-0.39, 0.29) is 11.9 Å². The third-order valence-electron chi connectivity index (χ3n) is 6.18. The van der Waals surface area contributed by atoms with Crippen molar-refractivity contribution in [1.29, 1.82) is 0 Å². The van der Waals surface area contributed by atoms with Crippen LogP contribution >= 0.6 is 0 Å². The molecule has 2 heterocycles. The van der Waals surface area contributed by atoms with Crippen molar-refractivity contribution in [2.75, 3.05) is 65.9 Å². The molecule has 2 N–H and O–H groups in total. The molecule has 2 aliphatic heterocycles. The van der Waals surface area contributed by atoms with E-state index >= 15 is 0 Å². The van der Waals surface area contributed by atoms with Gasteiger partial charge >= 0.3 is 0 Å². The first kappa shape index (κ1) is 23.2. The van der Waals surface area contributed by atoms with Gasteiger partial charge in [0.05, 0.1) is 18.8 Å². The molecule has 0 aliphatic carbocycles. The standard InChI is InChI=1S/C23H38N6O2/c1-24-23(25-13-8-15-28-14-7-10-20(28)22(30)27(2)3)26-18-12-16-29(17-18)19-9-5-6-11-21(19)31-4/h5-6,9,11,18,20H,7-8,10,12-17H2,1-4H3,(H2,24,25,26). The van der Waals surface area contributed by atoms with Gasteiger partial charge in [0.25, 0.3) is 0 Å². The fourth-order valence-corrected chi connectivity index (χ4v) is 4.54. The Morgan fingerprint density at radius 2 is 2.06 bits per heavy atom. The van der Waals surface area contributed by atoms with Gasteiger partial charge in [-0.15, -0.1) is 0 Å². The number of likely N-dealkylation sites (N-methyl/N-ethyl adjacent to an activating group) is 1. The fourth-order valence-electron chi connectivity index (χ4n) is 4.54. The maximum absolute atomic E-state index is 12.3. The fraction of sp³-hybridized carbons (Fsp3) is 0.652. The lowest BCUT2D eigenvalue weighted by atomic mass is 10.2. The zero-order valence-electron chi connectivity index (χ0n) is 19.4. The molecule has 8 heteroatoms. The van der Waals surface area contributed by atoms with E-state index in [2.05, 4.69) is 37.6 Å². The number of aliphatic imine (C=N–C) groups is 1. The number of methoxy groups -OCH3 is 1.